The van der Waals surface area contributed by atoms with E-state index in [-0.39, 0.29) is 5.91 Å². The lowest BCUT2D eigenvalue weighted by Gasteiger charge is -2.30. The van der Waals surface area contributed by atoms with Crippen molar-refractivity contribution in [2.75, 3.05) is 26.2 Å². The van der Waals surface area contributed by atoms with Crippen molar-refractivity contribution in [3.05, 3.63) is 0 Å². The van der Waals surface area contributed by atoms with E-state index in [2.05, 4.69) is 27.8 Å². The van der Waals surface area contributed by atoms with Crippen LogP contribution in [-0.2, 0) is 4.79 Å². The quantitative estimate of drug-likeness (QED) is 0.560. The van der Waals surface area contributed by atoms with E-state index in [1.807, 2.05) is 6.92 Å². The van der Waals surface area contributed by atoms with E-state index in [9.17, 15) is 4.79 Å². The van der Waals surface area contributed by atoms with Crippen molar-refractivity contribution in [2.24, 2.45) is 0 Å². The van der Waals surface area contributed by atoms with Crippen LogP contribution in [0.2, 0.25) is 0 Å². The molecule has 1 aliphatic rings. The molecule has 0 N–H and O–H groups in total. The summed E-state index contributed by atoms with van der Waals surface area (Å²) in [5, 5.41) is 0. The Morgan fingerprint density at radius 2 is 2.27 bits per heavy atom. The topological polar surface area (TPSA) is 23.6 Å². The molecule has 0 radical (unpaired) electrons. The highest BCUT2D eigenvalue weighted by Crippen LogP contribution is 2.07. The van der Waals surface area contributed by atoms with Gasteiger partial charge in [-0.05, 0) is 26.4 Å². The predicted octanol–water partition coefficient (Wildman–Crippen LogP) is 0.891. The number of nitrogens with zero attached hydrogens (tertiary/aromatic N) is 2. The maximum atomic E-state index is 11.3. The van der Waals surface area contributed by atoms with Crippen molar-refractivity contribution in [3.63, 3.8) is 0 Å². The Balaban J connectivity index is 2.19. The van der Waals surface area contributed by atoms with Crippen molar-refractivity contribution in [1.29, 1.82) is 0 Å². The second-order valence-corrected chi connectivity index (χ2v) is 3.87. The van der Waals surface area contributed by atoms with E-state index in [0.717, 1.165) is 19.6 Å². The Labute approximate surface area is 81.2 Å². The molecule has 11 heavy (non-hydrogen) atoms. The zero-order valence-electron chi connectivity index (χ0n) is 6.72. The summed E-state index contributed by atoms with van der Waals surface area (Å²) in [5.41, 5.74) is 0. The summed E-state index contributed by atoms with van der Waals surface area (Å²) in [6, 6.07) is 0. The normalized spacial score (nSPS) is 17.6. The zero-order valence-corrected chi connectivity index (χ0v) is 8.87. The highest BCUT2D eigenvalue weighted by Gasteiger charge is 2.18. The van der Waals surface area contributed by atoms with Gasteiger partial charge in [0.2, 0.25) is 5.91 Å². The first-order valence-corrected chi connectivity index (χ1v) is 4.89. The molecule has 4 heteroatoms. The Morgan fingerprint density at radius 3 is 2.64 bits per heavy atom. The molecule has 0 saturated carbocycles. The van der Waals surface area contributed by atoms with Gasteiger partial charge >= 0.3 is 0 Å². The molecule has 0 unspecified atom stereocenters. The minimum atomic E-state index is 0.229. The lowest BCUT2D eigenvalue weighted by Crippen LogP contribution is -2.43. The number of likely N-dealkylation sites (N-methyl/N-ethyl adjacent to an activating group) is 1. The van der Waals surface area contributed by atoms with Crippen molar-refractivity contribution < 1.29 is 4.79 Å². The van der Waals surface area contributed by atoms with Crippen molar-refractivity contribution >= 4 is 28.8 Å². The third-order valence-electron chi connectivity index (χ3n) is 1.86. The average molecular weight is 268 g/mol. The van der Waals surface area contributed by atoms with Crippen LogP contribution in [0.15, 0.2) is 0 Å². The van der Waals surface area contributed by atoms with Crippen LogP contribution in [0.1, 0.15) is 13.3 Å². The van der Waals surface area contributed by atoms with Crippen LogP contribution in [0.3, 0.4) is 0 Å². The molecule has 1 saturated heterocycles. The van der Waals surface area contributed by atoms with E-state index in [1.165, 1.54) is 6.42 Å². The lowest BCUT2D eigenvalue weighted by atomic mass is 10.2. The third kappa shape index (κ3) is 2.59. The van der Waals surface area contributed by atoms with E-state index in [0.29, 0.717) is 6.54 Å². The number of halogens is 1. The Morgan fingerprint density at radius 1 is 1.64 bits per heavy atom. The van der Waals surface area contributed by atoms with Gasteiger partial charge in [-0.25, -0.2) is 0 Å². The first-order chi connectivity index (χ1) is 5.24. The fourth-order valence-electron chi connectivity index (χ4n) is 0.984. The zero-order chi connectivity index (χ0) is 8.27. The molecule has 1 amide bonds. The van der Waals surface area contributed by atoms with Crippen LogP contribution < -0.4 is 0 Å². The Bertz CT molecular complexity index is 147. The second kappa shape index (κ2) is 4.25. The van der Waals surface area contributed by atoms with Crippen molar-refractivity contribution in [3.8, 4) is 0 Å². The van der Waals surface area contributed by atoms with Crippen LogP contribution in [-0.4, -0.2) is 40.1 Å². The predicted molar refractivity (Wildman–Crippen MR) is 52.5 cm³/mol. The molecule has 0 aromatic heterocycles. The van der Waals surface area contributed by atoms with Crippen molar-refractivity contribution in [1.82, 2.24) is 8.01 Å². The smallest absolute Gasteiger partial charge is 0.245 e. The highest BCUT2D eigenvalue weighted by atomic mass is 127. The van der Waals surface area contributed by atoms with Crippen LogP contribution in [0.4, 0.5) is 0 Å². The standard InChI is InChI=1S/C7H13IN2O/c1-2-10(8)7(11)6-9-4-3-5-9/h2-6H2,1H3. The van der Waals surface area contributed by atoms with Gasteiger partial charge in [0.15, 0.2) is 0 Å². The van der Waals surface area contributed by atoms with E-state index in [4.69, 9.17) is 0 Å². The molecule has 1 aliphatic heterocycles. The molecule has 0 aliphatic carbocycles. The molecular formula is C7H13IN2O. The monoisotopic (exact) mass is 268 g/mol. The van der Waals surface area contributed by atoms with Gasteiger partial charge in [0.25, 0.3) is 0 Å². The largest absolute Gasteiger partial charge is 0.294 e. The van der Waals surface area contributed by atoms with Crippen molar-refractivity contribution in [2.45, 2.75) is 13.3 Å². The maximum absolute atomic E-state index is 11.3. The fourth-order valence-corrected chi connectivity index (χ4v) is 1.14. The first kappa shape index (κ1) is 9.25. The molecule has 3 nitrogen and oxygen atoms in total. The van der Waals surface area contributed by atoms with Gasteiger partial charge in [-0.1, -0.05) is 0 Å². The number of hydrogen-bond donors (Lipinski definition) is 0. The molecule has 0 bridgehead atoms. The number of rotatable bonds is 3. The molecule has 1 fully saturated rings. The lowest BCUT2D eigenvalue weighted by molar-refractivity contribution is -0.127. The number of likely N-dealkylation sites (tertiary alicyclic amines) is 1. The van der Waals surface area contributed by atoms with Gasteiger partial charge in [0.1, 0.15) is 0 Å². The van der Waals surface area contributed by atoms with Gasteiger partial charge in [0.05, 0.1) is 29.4 Å². The summed E-state index contributed by atoms with van der Waals surface area (Å²) in [7, 11) is 0. The number of amides is 1. The number of carbonyl (C=O) groups is 1. The molecule has 0 aromatic carbocycles. The van der Waals surface area contributed by atoms with Gasteiger partial charge in [-0.3, -0.25) is 12.8 Å². The van der Waals surface area contributed by atoms with Gasteiger partial charge in [-0.15, -0.1) is 0 Å². The van der Waals surface area contributed by atoms with Crippen LogP contribution in [0.25, 0.3) is 0 Å². The highest BCUT2D eigenvalue weighted by molar-refractivity contribution is 14.1. The molecular weight excluding hydrogens is 255 g/mol. The summed E-state index contributed by atoms with van der Waals surface area (Å²) in [6.45, 7) is 5.59. The SMILES string of the molecule is CCN(I)C(=O)CN1CCC1. The summed E-state index contributed by atoms with van der Waals surface area (Å²) < 4.78 is 1.73. The summed E-state index contributed by atoms with van der Waals surface area (Å²) in [5.74, 6) is 0.229. The summed E-state index contributed by atoms with van der Waals surface area (Å²) in [6.07, 6.45) is 1.25. The Hall–Kier alpha value is 0.160. The molecule has 0 spiro atoms. The van der Waals surface area contributed by atoms with Gasteiger partial charge < -0.3 is 0 Å². The molecule has 1 rings (SSSR count). The second-order valence-electron chi connectivity index (χ2n) is 2.70. The van der Waals surface area contributed by atoms with Crippen LogP contribution in [0, 0.1) is 0 Å². The maximum Gasteiger partial charge on any atom is 0.245 e. The fraction of sp³-hybridized carbons (Fsp3) is 0.857. The molecule has 1 heterocycles. The molecule has 64 valence electrons. The average Bonchev–Trinajstić information content (AvgIpc) is 1.94. The van der Waals surface area contributed by atoms with Crippen LogP contribution >= 0.6 is 22.9 Å². The summed E-state index contributed by atoms with van der Waals surface area (Å²) >= 11 is 2.06. The summed E-state index contributed by atoms with van der Waals surface area (Å²) in [4.78, 5) is 13.4. The minimum absolute atomic E-state index is 0.229. The molecule has 0 aromatic rings. The van der Waals surface area contributed by atoms with Crippen LogP contribution in [0.5, 0.6) is 0 Å². The molecule has 0 atom stereocenters. The first-order valence-electron chi connectivity index (χ1n) is 3.92. The van der Waals surface area contributed by atoms with E-state index >= 15 is 0 Å². The van der Waals surface area contributed by atoms with Gasteiger partial charge in [-0.2, -0.15) is 0 Å². The third-order valence-corrected chi connectivity index (χ3v) is 3.08. The number of hydrogen-bond acceptors (Lipinski definition) is 2. The minimum Gasteiger partial charge on any atom is -0.294 e. The number of carbonyl (C=O) groups excluding carboxylic acids is 1. The Kier molecular flexibility index (Phi) is 3.58. The van der Waals surface area contributed by atoms with Gasteiger partial charge in [0, 0.05) is 6.54 Å². The van der Waals surface area contributed by atoms with E-state index < -0.39 is 0 Å². The van der Waals surface area contributed by atoms with E-state index in [1.54, 1.807) is 3.11 Å².